The molecule has 4 nitrogen and oxygen atoms in total. The van der Waals surface area contributed by atoms with Crippen LogP contribution in [-0.2, 0) is 14.3 Å². The van der Waals surface area contributed by atoms with Crippen LogP contribution in [0.15, 0.2) is 12.2 Å². The van der Waals surface area contributed by atoms with Gasteiger partial charge in [0, 0.05) is 6.42 Å². The largest absolute Gasteiger partial charge is 0.464 e. The topological polar surface area (TPSA) is 55.4 Å². The summed E-state index contributed by atoms with van der Waals surface area (Å²) in [4.78, 5) is 22.7. The second kappa shape index (κ2) is 15.0. The van der Waals surface area contributed by atoms with Gasteiger partial charge in [0.1, 0.15) is 6.04 Å². The zero-order valence-electron chi connectivity index (χ0n) is 16.1. The van der Waals surface area contributed by atoms with Crippen molar-refractivity contribution >= 4 is 11.9 Å². The number of nitrogens with one attached hydrogen (secondary N) is 1. The Morgan fingerprint density at radius 3 is 2.20 bits per heavy atom. The molecule has 1 rings (SSSR count). The van der Waals surface area contributed by atoms with Gasteiger partial charge in [-0.1, -0.05) is 76.9 Å². The van der Waals surface area contributed by atoms with Crippen LogP contribution in [0.4, 0.5) is 0 Å². The molecular formula is C21H37NO3. The Morgan fingerprint density at radius 2 is 1.60 bits per heavy atom. The van der Waals surface area contributed by atoms with Crippen LogP contribution in [0.25, 0.3) is 0 Å². The van der Waals surface area contributed by atoms with E-state index in [-0.39, 0.29) is 11.9 Å². The van der Waals surface area contributed by atoms with Crippen molar-refractivity contribution in [3.63, 3.8) is 0 Å². The van der Waals surface area contributed by atoms with Gasteiger partial charge in [0.05, 0.1) is 6.61 Å². The molecule has 0 saturated carbocycles. The molecule has 0 bridgehead atoms. The van der Waals surface area contributed by atoms with Crippen molar-refractivity contribution in [3.8, 4) is 0 Å². The number of hydrogen-bond acceptors (Lipinski definition) is 3. The number of amides is 1. The molecule has 0 spiro atoms. The fourth-order valence-corrected chi connectivity index (χ4v) is 3.10. The standard InChI is InChI=1S/C21H37NO3/c1-2-3-4-5-6-7-8-9-10-11-12-13-14-15-18-25-21(24)19-16-17-20(23)22-19/h13-14,19H,2-12,15-18H2,1H3,(H,22,23)/b14-13+/t19-/m0/s1. The zero-order chi connectivity index (χ0) is 18.2. The molecule has 1 N–H and O–H groups in total. The highest BCUT2D eigenvalue weighted by molar-refractivity contribution is 5.87. The van der Waals surface area contributed by atoms with Gasteiger partial charge < -0.3 is 10.1 Å². The van der Waals surface area contributed by atoms with Crippen LogP contribution in [0.1, 0.15) is 96.8 Å². The maximum atomic E-state index is 11.7. The highest BCUT2D eigenvalue weighted by Gasteiger charge is 2.28. The molecule has 0 aromatic heterocycles. The minimum absolute atomic E-state index is 0.0571. The summed E-state index contributed by atoms with van der Waals surface area (Å²) in [5.41, 5.74) is 0. The van der Waals surface area contributed by atoms with Gasteiger partial charge in [-0.05, 0) is 25.7 Å². The van der Waals surface area contributed by atoms with Crippen molar-refractivity contribution in [1.82, 2.24) is 5.32 Å². The first-order valence-corrected chi connectivity index (χ1v) is 10.3. The second-order valence-corrected chi connectivity index (χ2v) is 7.06. The van der Waals surface area contributed by atoms with Crippen molar-refractivity contribution in [1.29, 1.82) is 0 Å². The average molecular weight is 352 g/mol. The molecular weight excluding hydrogens is 314 g/mol. The van der Waals surface area contributed by atoms with Gasteiger partial charge in [0.15, 0.2) is 0 Å². The first-order valence-electron chi connectivity index (χ1n) is 10.3. The number of allylic oxidation sites excluding steroid dienone is 1. The van der Waals surface area contributed by atoms with E-state index in [0.717, 1.165) is 12.8 Å². The normalized spacial score (nSPS) is 17.2. The lowest BCUT2D eigenvalue weighted by molar-refractivity contribution is -0.146. The summed E-state index contributed by atoms with van der Waals surface area (Å²) in [5, 5.41) is 2.62. The number of carbonyl (C=O) groups excluding carboxylic acids is 2. The summed E-state index contributed by atoms with van der Waals surface area (Å²) >= 11 is 0. The minimum atomic E-state index is -0.428. The molecule has 1 amide bonds. The van der Waals surface area contributed by atoms with Crippen LogP contribution >= 0.6 is 0 Å². The Kier molecular flexibility index (Phi) is 13.0. The zero-order valence-corrected chi connectivity index (χ0v) is 16.1. The smallest absolute Gasteiger partial charge is 0.328 e. The molecule has 1 heterocycles. The number of ether oxygens (including phenoxy) is 1. The Balaban J connectivity index is 1.81. The van der Waals surface area contributed by atoms with E-state index < -0.39 is 6.04 Å². The monoisotopic (exact) mass is 351 g/mol. The molecule has 1 atom stereocenters. The SMILES string of the molecule is CCCCCCCCCCCC/C=C/CCOC(=O)[C@@H]1CCC(=O)N1. The number of rotatable bonds is 15. The lowest BCUT2D eigenvalue weighted by Crippen LogP contribution is -2.34. The molecule has 4 heteroatoms. The van der Waals surface area contributed by atoms with E-state index in [4.69, 9.17) is 4.74 Å². The molecule has 0 aromatic rings. The molecule has 0 radical (unpaired) electrons. The second-order valence-electron chi connectivity index (χ2n) is 7.06. The van der Waals surface area contributed by atoms with Crippen LogP contribution in [0.2, 0.25) is 0 Å². The van der Waals surface area contributed by atoms with Crippen molar-refractivity contribution in [2.75, 3.05) is 6.61 Å². The van der Waals surface area contributed by atoms with E-state index in [1.807, 2.05) is 0 Å². The van der Waals surface area contributed by atoms with E-state index >= 15 is 0 Å². The maximum Gasteiger partial charge on any atom is 0.328 e. The van der Waals surface area contributed by atoms with Crippen molar-refractivity contribution in [3.05, 3.63) is 12.2 Å². The van der Waals surface area contributed by atoms with Gasteiger partial charge in [0.25, 0.3) is 0 Å². The third-order valence-corrected chi connectivity index (χ3v) is 4.70. The van der Waals surface area contributed by atoms with Crippen molar-refractivity contribution < 1.29 is 14.3 Å². The van der Waals surface area contributed by atoms with Crippen LogP contribution in [-0.4, -0.2) is 24.5 Å². The summed E-state index contributed by atoms with van der Waals surface area (Å²) in [6.45, 7) is 2.66. The molecule has 25 heavy (non-hydrogen) atoms. The Morgan fingerprint density at radius 1 is 1.00 bits per heavy atom. The lowest BCUT2D eigenvalue weighted by Gasteiger charge is -2.08. The Bertz CT molecular complexity index is 393. The third kappa shape index (κ3) is 11.8. The highest BCUT2D eigenvalue weighted by Crippen LogP contribution is 2.11. The van der Waals surface area contributed by atoms with E-state index in [1.54, 1.807) is 0 Å². The van der Waals surface area contributed by atoms with Crippen molar-refractivity contribution in [2.45, 2.75) is 103 Å². The quantitative estimate of drug-likeness (QED) is 0.255. The molecule has 144 valence electrons. The maximum absolute atomic E-state index is 11.7. The van der Waals surface area contributed by atoms with Crippen LogP contribution in [0, 0.1) is 0 Å². The van der Waals surface area contributed by atoms with Gasteiger partial charge >= 0.3 is 5.97 Å². The number of esters is 1. The van der Waals surface area contributed by atoms with Gasteiger partial charge in [-0.3, -0.25) is 4.79 Å². The summed E-state index contributed by atoms with van der Waals surface area (Å²) in [7, 11) is 0. The van der Waals surface area contributed by atoms with E-state index in [1.165, 1.54) is 64.2 Å². The summed E-state index contributed by atoms with van der Waals surface area (Å²) in [6.07, 6.45) is 20.8. The van der Waals surface area contributed by atoms with Crippen LogP contribution < -0.4 is 5.32 Å². The fourth-order valence-electron chi connectivity index (χ4n) is 3.10. The van der Waals surface area contributed by atoms with E-state index in [9.17, 15) is 9.59 Å². The summed E-state index contributed by atoms with van der Waals surface area (Å²) in [5.74, 6) is -0.354. The highest BCUT2D eigenvalue weighted by atomic mass is 16.5. The number of unbranched alkanes of at least 4 members (excludes halogenated alkanes) is 10. The lowest BCUT2D eigenvalue weighted by atomic mass is 10.1. The van der Waals surface area contributed by atoms with E-state index in [2.05, 4.69) is 24.4 Å². The summed E-state index contributed by atoms with van der Waals surface area (Å²) < 4.78 is 5.18. The fraction of sp³-hybridized carbons (Fsp3) is 0.810. The average Bonchev–Trinajstić information content (AvgIpc) is 3.04. The molecule has 1 aliphatic rings. The van der Waals surface area contributed by atoms with Gasteiger partial charge in [-0.15, -0.1) is 0 Å². The third-order valence-electron chi connectivity index (χ3n) is 4.70. The molecule has 0 aromatic carbocycles. The first-order chi connectivity index (χ1) is 12.2. The minimum Gasteiger partial charge on any atom is -0.464 e. The Labute approximate surface area is 153 Å². The molecule has 0 aliphatic carbocycles. The molecule has 0 unspecified atom stereocenters. The predicted molar refractivity (Wildman–Crippen MR) is 102 cm³/mol. The van der Waals surface area contributed by atoms with Crippen molar-refractivity contribution in [2.24, 2.45) is 0 Å². The number of hydrogen-bond donors (Lipinski definition) is 1. The first kappa shape index (κ1) is 21.7. The van der Waals surface area contributed by atoms with E-state index in [0.29, 0.717) is 19.4 Å². The van der Waals surface area contributed by atoms with Crippen LogP contribution in [0.3, 0.4) is 0 Å². The molecule has 1 saturated heterocycles. The van der Waals surface area contributed by atoms with Gasteiger partial charge in [-0.2, -0.15) is 0 Å². The summed E-state index contributed by atoms with van der Waals surface area (Å²) in [6, 6.07) is -0.428. The predicted octanol–water partition coefficient (Wildman–Crippen LogP) is 5.07. The molecule has 1 aliphatic heterocycles. The molecule has 1 fully saturated rings. The van der Waals surface area contributed by atoms with Gasteiger partial charge in [0.2, 0.25) is 5.91 Å². The number of carbonyl (C=O) groups is 2. The Hall–Kier alpha value is -1.32. The van der Waals surface area contributed by atoms with Crippen LogP contribution in [0.5, 0.6) is 0 Å². The van der Waals surface area contributed by atoms with Gasteiger partial charge in [-0.25, -0.2) is 4.79 Å².